The van der Waals surface area contributed by atoms with Gasteiger partial charge in [0.15, 0.2) is 0 Å². The molecule has 0 spiro atoms. The van der Waals surface area contributed by atoms with Crippen LogP contribution >= 0.6 is 0 Å². The number of rotatable bonds is 0. The Labute approximate surface area is 78.2 Å². The van der Waals surface area contributed by atoms with Crippen LogP contribution in [0.1, 0.15) is 0 Å². The third kappa shape index (κ3) is 43.3. The molecule has 0 rings (SSSR count). The summed E-state index contributed by atoms with van der Waals surface area (Å²) in [5, 5.41) is 0. The third-order valence-corrected chi connectivity index (χ3v) is 0. The van der Waals surface area contributed by atoms with E-state index in [0.717, 1.165) is 0 Å². The molecule has 0 aliphatic carbocycles. The maximum absolute atomic E-state index is 0. The van der Waals surface area contributed by atoms with Gasteiger partial charge in [0, 0.05) is 18.6 Å². The normalized spacial score (nSPS) is 0. The van der Waals surface area contributed by atoms with Crippen molar-refractivity contribution in [3.05, 3.63) is 0 Å². The van der Waals surface area contributed by atoms with Gasteiger partial charge in [-0.05, 0) is 0 Å². The molecule has 6 heteroatoms. The summed E-state index contributed by atoms with van der Waals surface area (Å²) in [6.45, 7) is 0. The Bertz CT molecular complexity index is 7.51. The molecule has 0 saturated carbocycles. The first-order valence-electron chi connectivity index (χ1n) is 0. The number of hydrogen-bond acceptors (Lipinski definition) is 3. The van der Waals surface area contributed by atoms with E-state index in [9.17, 15) is 0 Å². The molecule has 0 aromatic rings. The summed E-state index contributed by atoms with van der Waals surface area (Å²) in [4.78, 5) is 0. The minimum atomic E-state index is 0. The minimum Gasteiger partial charge on any atom is -0.870 e. The van der Waals surface area contributed by atoms with Crippen LogP contribution in [0.4, 0.5) is 0 Å². The molecule has 0 fully saturated rings. The smallest absolute Gasteiger partial charge is 0.870 e. The Morgan fingerprint density at radius 3 is 0.667 bits per heavy atom. The van der Waals surface area contributed by atoms with Gasteiger partial charge in [0.1, 0.15) is 0 Å². The van der Waals surface area contributed by atoms with E-state index in [4.69, 9.17) is 0 Å². The van der Waals surface area contributed by atoms with Crippen LogP contribution in [0, 0.1) is 38.6 Å². The van der Waals surface area contributed by atoms with Crippen molar-refractivity contribution in [2.45, 2.75) is 0 Å². The van der Waals surface area contributed by atoms with Crippen molar-refractivity contribution in [1.82, 2.24) is 0 Å². The van der Waals surface area contributed by atoms with Gasteiger partial charge in [0.05, 0.1) is 0 Å². The molecule has 6 heavy (non-hydrogen) atoms. The second-order valence-corrected chi connectivity index (χ2v) is 0. The van der Waals surface area contributed by atoms with E-state index in [1.807, 2.05) is 0 Å². The summed E-state index contributed by atoms with van der Waals surface area (Å²) >= 11 is 0. The Balaban J connectivity index is 0. The van der Waals surface area contributed by atoms with E-state index in [1.165, 1.54) is 0 Å². The van der Waals surface area contributed by atoms with Crippen molar-refractivity contribution in [3.8, 4) is 0 Å². The molecule has 0 atom stereocenters. The standard InChI is InChI=1S/4H2O.Tb.V/h4*1H2;;/q;;;;+3;/p-3. The van der Waals surface area contributed by atoms with Crippen molar-refractivity contribution in [3.63, 3.8) is 0 Å². The number of hydrogen-bond donors (Lipinski definition) is 0. The first kappa shape index (κ1) is 119. The fourth-order valence-electron chi connectivity index (χ4n) is 0. The topological polar surface area (TPSA) is 122 Å². The Morgan fingerprint density at radius 2 is 0.667 bits per heavy atom. The molecule has 0 unspecified atom stereocenters. The Hall–Kier alpha value is 1.71. The second kappa shape index (κ2) is 74.8. The Morgan fingerprint density at radius 1 is 0.667 bits per heavy atom. The van der Waals surface area contributed by atoms with Crippen LogP contribution in [-0.4, -0.2) is 21.9 Å². The zero-order valence-electron chi connectivity index (χ0n) is 2.62. The van der Waals surface area contributed by atoms with Crippen LogP contribution in [0.3, 0.4) is 0 Å². The largest absolute Gasteiger partial charge is 3.00 e. The van der Waals surface area contributed by atoms with Crippen LogP contribution in [0.25, 0.3) is 0 Å². The van der Waals surface area contributed by atoms with Crippen LogP contribution < -0.4 is 0 Å². The summed E-state index contributed by atoms with van der Waals surface area (Å²) in [5.41, 5.74) is 0. The van der Waals surface area contributed by atoms with Gasteiger partial charge in [-0.3, -0.25) is 0 Å². The zero-order chi connectivity index (χ0) is 0. The molecule has 0 heterocycles. The van der Waals surface area contributed by atoms with Crippen LogP contribution in [-0.2, 0) is 18.6 Å². The van der Waals surface area contributed by atoms with Crippen molar-refractivity contribution in [1.29, 1.82) is 0 Å². The van der Waals surface area contributed by atoms with Gasteiger partial charge < -0.3 is 21.9 Å². The summed E-state index contributed by atoms with van der Waals surface area (Å²) < 4.78 is 0. The minimum absolute atomic E-state index is 0. The second-order valence-electron chi connectivity index (χ2n) is 0. The average molecular weight is 279 g/mol. The molecule has 0 saturated heterocycles. The first-order valence-corrected chi connectivity index (χ1v) is 0. The van der Waals surface area contributed by atoms with Gasteiger partial charge in [0.25, 0.3) is 0 Å². The van der Waals surface area contributed by atoms with Crippen LogP contribution in [0.15, 0.2) is 0 Å². The Kier molecular flexibility index (Phi) is 1480. The summed E-state index contributed by atoms with van der Waals surface area (Å²) in [5.74, 6) is 0. The zero-order valence-corrected chi connectivity index (χ0v) is 6.16. The van der Waals surface area contributed by atoms with E-state index >= 15 is 0 Å². The molecule has 0 aromatic carbocycles. The molecule has 43 valence electrons. The predicted octanol–water partition coefficient (Wildman–Crippen LogP) is -1.36. The van der Waals surface area contributed by atoms with Crippen molar-refractivity contribution < 1.29 is 79.1 Å². The molecule has 5 N–H and O–H groups in total. The van der Waals surface area contributed by atoms with Gasteiger partial charge in [-0.25, -0.2) is 0 Å². The van der Waals surface area contributed by atoms with E-state index in [0.29, 0.717) is 0 Å². The maximum Gasteiger partial charge on any atom is 3.00 e. The molecule has 0 amide bonds. The molecular weight excluding hydrogens is 274 g/mol. The molecule has 0 aliphatic heterocycles. The molecular formula is H5O4TbV. The average Bonchev–Trinajstić information content (AvgIpc) is 0. The molecule has 0 aromatic heterocycles. The van der Waals surface area contributed by atoms with Crippen LogP contribution in [0.5, 0.6) is 0 Å². The summed E-state index contributed by atoms with van der Waals surface area (Å²) in [7, 11) is 0. The van der Waals surface area contributed by atoms with E-state index in [2.05, 4.69) is 0 Å². The quantitative estimate of drug-likeness (QED) is 0.544. The fourth-order valence-corrected chi connectivity index (χ4v) is 0. The van der Waals surface area contributed by atoms with Crippen LogP contribution in [0.2, 0.25) is 0 Å². The molecule has 4 nitrogen and oxygen atoms in total. The first-order chi connectivity index (χ1) is 0. The molecule has 0 bridgehead atoms. The molecule has 1 radical (unpaired) electrons. The summed E-state index contributed by atoms with van der Waals surface area (Å²) in [6, 6.07) is 0. The summed E-state index contributed by atoms with van der Waals surface area (Å²) in [6.07, 6.45) is 0. The van der Waals surface area contributed by atoms with Gasteiger partial charge in [-0.2, -0.15) is 0 Å². The van der Waals surface area contributed by atoms with Gasteiger partial charge in [0.2, 0.25) is 0 Å². The fraction of sp³-hybridized carbons (Fsp3) is 0. The third-order valence-electron chi connectivity index (χ3n) is 0. The van der Waals surface area contributed by atoms with E-state index in [1.54, 1.807) is 0 Å². The van der Waals surface area contributed by atoms with Crippen molar-refractivity contribution in [2.75, 3.05) is 0 Å². The molecule has 0 aliphatic rings. The predicted molar refractivity (Wildman–Crippen MR) is 9.42 cm³/mol. The van der Waals surface area contributed by atoms with Gasteiger partial charge in [-0.15, -0.1) is 0 Å². The van der Waals surface area contributed by atoms with Gasteiger partial charge in [-0.1, -0.05) is 0 Å². The van der Waals surface area contributed by atoms with Gasteiger partial charge >= 0.3 is 38.6 Å². The van der Waals surface area contributed by atoms with E-state index in [-0.39, 0.29) is 79.1 Å². The monoisotopic (exact) mass is 279 g/mol. The SMILES string of the molecule is O.[OH-].[OH-].[OH-].[Tb+3].[V]. The van der Waals surface area contributed by atoms with E-state index < -0.39 is 0 Å². The van der Waals surface area contributed by atoms with Crippen molar-refractivity contribution >= 4 is 0 Å². The maximum atomic E-state index is 0. The van der Waals surface area contributed by atoms with Crippen molar-refractivity contribution in [2.24, 2.45) is 0 Å².